The van der Waals surface area contributed by atoms with Crippen LogP contribution in [-0.2, 0) is 23.0 Å². The van der Waals surface area contributed by atoms with Crippen LogP contribution >= 0.6 is 0 Å². The fourth-order valence-corrected chi connectivity index (χ4v) is 5.68. The molecule has 1 amide bonds. The molecule has 0 aromatic heterocycles. The van der Waals surface area contributed by atoms with Gasteiger partial charge >= 0.3 is 0 Å². The topological polar surface area (TPSA) is 66.5 Å². The minimum absolute atomic E-state index is 0.0266. The first kappa shape index (κ1) is 22.2. The van der Waals surface area contributed by atoms with Crippen molar-refractivity contribution in [1.29, 1.82) is 0 Å². The molecule has 3 aromatic rings. The molecule has 0 unspecified atom stereocenters. The number of hydrogen-bond donors (Lipinski definition) is 1. The van der Waals surface area contributed by atoms with Crippen molar-refractivity contribution in [3.05, 3.63) is 101 Å². The van der Waals surface area contributed by atoms with Crippen LogP contribution in [0.5, 0.6) is 0 Å². The molecular weight excluding hydrogens is 420 g/mol. The maximum absolute atomic E-state index is 12.9. The number of rotatable bonds is 7. The highest BCUT2D eigenvalue weighted by atomic mass is 32.2. The molecule has 5 nitrogen and oxygen atoms in total. The molecule has 0 spiro atoms. The van der Waals surface area contributed by atoms with Crippen LogP contribution in [0.25, 0.3) is 0 Å². The molecule has 1 aliphatic rings. The Hall–Kier alpha value is -2.96. The van der Waals surface area contributed by atoms with E-state index >= 15 is 0 Å². The summed E-state index contributed by atoms with van der Waals surface area (Å²) < 4.78 is 27.3. The fourth-order valence-electron chi connectivity index (χ4n) is 4.22. The summed E-state index contributed by atoms with van der Waals surface area (Å²) in [6.45, 7) is 2.44. The molecule has 6 heteroatoms. The number of benzene rings is 3. The zero-order chi connectivity index (χ0) is 22.6. The zero-order valence-electron chi connectivity index (χ0n) is 18.2. The number of fused-ring (bicyclic) bond motifs is 1. The van der Waals surface area contributed by atoms with Crippen LogP contribution in [0.4, 0.5) is 0 Å². The van der Waals surface area contributed by atoms with Crippen molar-refractivity contribution >= 4 is 15.9 Å². The molecule has 0 heterocycles. The van der Waals surface area contributed by atoms with E-state index in [4.69, 9.17) is 0 Å². The Morgan fingerprint density at radius 3 is 2.38 bits per heavy atom. The average molecular weight is 449 g/mol. The van der Waals surface area contributed by atoms with E-state index in [1.807, 2.05) is 31.2 Å². The van der Waals surface area contributed by atoms with E-state index < -0.39 is 10.0 Å². The van der Waals surface area contributed by atoms with Gasteiger partial charge in [0.2, 0.25) is 10.0 Å². The molecular formula is C26H28N2O3S. The van der Waals surface area contributed by atoms with Crippen LogP contribution in [-0.4, -0.2) is 25.2 Å². The van der Waals surface area contributed by atoms with Crippen molar-refractivity contribution < 1.29 is 13.2 Å². The Labute approximate surface area is 190 Å². The van der Waals surface area contributed by atoms with Crippen molar-refractivity contribution in [2.45, 2.75) is 43.7 Å². The highest BCUT2D eigenvalue weighted by molar-refractivity contribution is 7.89. The predicted octanol–water partition coefficient (Wildman–Crippen LogP) is 4.70. The largest absolute Gasteiger partial charge is 0.345 e. The van der Waals surface area contributed by atoms with Gasteiger partial charge in [-0.05, 0) is 60.2 Å². The summed E-state index contributed by atoms with van der Waals surface area (Å²) in [5.74, 6) is -0.109. The number of nitrogens with zero attached hydrogens (tertiary/aromatic N) is 1. The normalized spacial score (nSPS) is 15.9. The van der Waals surface area contributed by atoms with Gasteiger partial charge in [-0.1, -0.05) is 61.5 Å². The summed E-state index contributed by atoms with van der Waals surface area (Å²) in [6, 6.07) is 23.9. The Balaban J connectivity index is 1.44. The number of sulfonamides is 1. The molecule has 32 heavy (non-hydrogen) atoms. The van der Waals surface area contributed by atoms with Gasteiger partial charge in [-0.3, -0.25) is 4.79 Å². The lowest BCUT2D eigenvalue weighted by atomic mass is 9.87. The van der Waals surface area contributed by atoms with Gasteiger partial charge in [-0.2, -0.15) is 4.31 Å². The molecule has 1 N–H and O–H groups in total. The van der Waals surface area contributed by atoms with Gasteiger partial charge in [0.15, 0.2) is 0 Å². The summed E-state index contributed by atoms with van der Waals surface area (Å²) >= 11 is 0. The molecule has 4 rings (SSSR count). The third-order valence-electron chi connectivity index (χ3n) is 5.98. The first-order valence-electron chi connectivity index (χ1n) is 11.0. The van der Waals surface area contributed by atoms with Gasteiger partial charge in [-0.15, -0.1) is 0 Å². The van der Waals surface area contributed by atoms with Gasteiger partial charge in [0.1, 0.15) is 0 Å². The quantitative estimate of drug-likeness (QED) is 0.569. The number of amides is 1. The van der Waals surface area contributed by atoms with E-state index in [0.717, 1.165) is 24.8 Å². The zero-order valence-corrected chi connectivity index (χ0v) is 19.0. The van der Waals surface area contributed by atoms with Crippen LogP contribution in [0.2, 0.25) is 0 Å². The molecule has 0 bridgehead atoms. The molecule has 0 saturated carbocycles. The lowest BCUT2D eigenvalue weighted by Gasteiger charge is -2.26. The number of carbonyl (C=O) groups excluding carboxylic acids is 1. The molecule has 1 aliphatic carbocycles. The van der Waals surface area contributed by atoms with Crippen LogP contribution < -0.4 is 5.32 Å². The van der Waals surface area contributed by atoms with E-state index in [2.05, 4.69) is 17.4 Å². The molecule has 0 saturated heterocycles. The minimum atomic E-state index is -3.57. The number of carbonyl (C=O) groups is 1. The summed E-state index contributed by atoms with van der Waals surface area (Å²) in [6.07, 6.45) is 3.05. The Kier molecular flexibility index (Phi) is 6.72. The van der Waals surface area contributed by atoms with Gasteiger partial charge in [-0.25, -0.2) is 8.42 Å². The van der Waals surface area contributed by atoms with Crippen molar-refractivity contribution in [1.82, 2.24) is 9.62 Å². The lowest BCUT2D eigenvalue weighted by Crippen LogP contribution is -2.31. The molecule has 166 valence electrons. The average Bonchev–Trinajstić information content (AvgIpc) is 2.83. The summed E-state index contributed by atoms with van der Waals surface area (Å²) in [5.41, 5.74) is 3.92. The molecule has 0 aliphatic heterocycles. The first-order chi connectivity index (χ1) is 15.5. The van der Waals surface area contributed by atoms with E-state index in [9.17, 15) is 13.2 Å². The van der Waals surface area contributed by atoms with Crippen LogP contribution in [0.3, 0.4) is 0 Å². The van der Waals surface area contributed by atoms with E-state index in [-0.39, 0.29) is 23.4 Å². The molecule has 3 aromatic carbocycles. The summed E-state index contributed by atoms with van der Waals surface area (Å²) in [5, 5.41) is 3.16. The van der Waals surface area contributed by atoms with Gasteiger partial charge in [0, 0.05) is 18.7 Å². The fraction of sp³-hybridized carbons (Fsp3) is 0.269. The monoisotopic (exact) mass is 448 g/mol. The highest BCUT2D eigenvalue weighted by Crippen LogP contribution is 2.29. The van der Waals surface area contributed by atoms with Crippen LogP contribution in [0.1, 0.15) is 52.9 Å². The maximum atomic E-state index is 12.9. The SMILES string of the molecule is CCN(Cc1ccc(C(=O)N[C@H]2CCCc3ccccc32)cc1)S(=O)(=O)c1ccccc1. The first-order valence-corrected chi connectivity index (χ1v) is 12.5. The smallest absolute Gasteiger partial charge is 0.251 e. The van der Waals surface area contributed by atoms with E-state index in [1.54, 1.807) is 42.5 Å². The van der Waals surface area contributed by atoms with Gasteiger partial charge in [0.25, 0.3) is 5.91 Å². The van der Waals surface area contributed by atoms with Crippen LogP contribution in [0, 0.1) is 0 Å². The Morgan fingerprint density at radius 1 is 0.969 bits per heavy atom. The summed E-state index contributed by atoms with van der Waals surface area (Å²) in [7, 11) is -3.57. The third kappa shape index (κ3) is 4.76. The third-order valence-corrected chi connectivity index (χ3v) is 7.92. The number of hydrogen-bond acceptors (Lipinski definition) is 3. The van der Waals surface area contributed by atoms with Crippen molar-refractivity contribution in [2.75, 3.05) is 6.54 Å². The van der Waals surface area contributed by atoms with Crippen molar-refractivity contribution in [2.24, 2.45) is 0 Å². The van der Waals surface area contributed by atoms with E-state index in [1.165, 1.54) is 15.4 Å². The second-order valence-corrected chi connectivity index (χ2v) is 10.00. The molecule has 1 atom stereocenters. The summed E-state index contributed by atoms with van der Waals surface area (Å²) in [4.78, 5) is 13.1. The van der Waals surface area contributed by atoms with Crippen molar-refractivity contribution in [3.63, 3.8) is 0 Å². The van der Waals surface area contributed by atoms with Gasteiger partial charge in [0.05, 0.1) is 10.9 Å². The lowest BCUT2D eigenvalue weighted by molar-refractivity contribution is 0.0932. The number of aryl methyl sites for hydroxylation is 1. The second-order valence-electron chi connectivity index (χ2n) is 8.06. The Bertz CT molecular complexity index is 1180. The highest BCUT2D eigenvalue weighted by Gasteiger charge is 2.24. The minimum Gasteiger partial charge on any atom is -0.345 e. The predicted molar refractivity (Wildman–Crippen MR) is 126 cm³/mol. The van der Waals surface area contributed by atoms with Crippen molar-refractivity contribution in [3.8, 4) is 0 Å². The van der Waals surface area contributed by atoms with E-state index in [0.29, 0.717) is 12.1 Å². The maximum Gasteiger partial charge on any atom is 0.251 e. The standard InChI is InChI=1S/C26H28N2O3S/c1-2-28(32(30,31)23-11-4-3-5-12-23)19-20-15-17-22(18-16-20)26(29)27-25-14-8-10-21-9-6-7-13-24(21)25/h3-7,9,11-13,15-18,25H,2,8,10,14,19H2,1H3,(H,27,29)/t25-/m0/s1. The number of nitrogens with one attached hydrogen (secondary N) is 1. The van der Waals surface area contributed by atoms with Gasteiger partial charge < -0.3 is 5.32 Å². The Morgan fingerprint density at radius 2 is 1.66 bits per heavy atom. The molecule has 0 radical (unpaired) electrons. The second kappa shape index (κ2) is 9.67. The van der Waals surface area contributed by atoms with Crippen LogP contribution in [0.15, 0.2) is 83.8 Å². The molecule has 0 fully saturated rings.